The van der Waals surface area contributed by atoms with Crippen LogP contribution in [0.3, 0.4) is 0 Å². The summed E-state index contributed by atoms with van der Waals surface area (Å²) in [6.45, 7) is 8.66. The number of rotatable bonds is 12. The van der Waals surface area contributed by atoms with Gasteiger partial charge in [0.05, 0.1) is 6.54 Å². The number of carbonyl (C=O) groups excluding carboxylic acids is 2. The molecule has 12 rings (SSSR count). The van der Waals surface area contributed by atoms with Crippen molar-refractivity contribution in [1.29, 1.82) is 0 Å². The summed E-state index contributed by atoms with van der Waals surface area (Å²) in [4.78, 5) is 34.9. The van der Waals surface area contributed by atoms with Crippen LogP contribution in [0.2, 0.25) is 0 Å². The summed E-state index contributed by atoms with van der Waals surface area (Å²) >= 11 is 0. The van der Waals surface area contributed by atoms with Crippen LogP contribution in [0.25, 0.3) is 0 Å². The molecule has 4 unspecified atom stereocenters. The molecule has 0 spiro atoms. The summed E-state index contributed by atoms with van der Waals surface area (Å²) in [6.07, 6.45) is 8.18. The van der Waals surface area contributed by atoms with E-state index in [2.05, 4.69) is 73.8 Å². The Morgan fingerprint density at radius 2 is 1.07 bits per heavy atom. The van der Waals surface area contributed by atoms with Gasteiger partial charge in [0.2, 0.25) is 0 Å². The number of hydrogen-bond donors (Lipinski definition) is 3. The Morgan fingerprint density at radius 3 is 1.56 bits per heavy atom. The molecule has 0 aliphatic carbocycles. The fraction of sp³-hybridized carbons (Fsp3) is 0.250. The van der Waals surface area contributed by atoms with Crippen LogP contribution in [0, 0.1) is 27.7 Å². The van der Waals surface area contributed by atoms with E-state index < -0.39 is 0 Å². The Bertz CT molecular complexity index is 3020. The zero-order chi connectivity index (χ0) is 46.8. The number of ether oxygens (including phenoxy) is 2. The number of Topliss-reactive ketones (excluding diaryl/α,β-unsaturated/α-hetero) is 2. The molecule has 340 valence electrons. The number of benzene rings is 4. The van der Waals surface area contributed by atoms with Crippen molar-refractivity contribution >= 4 is 23.2 Å². The molecule has 5 N–H and O–H groups in total. The van der Waals surface area contributed by atoms with Crippen LogP contribution < -0.4 is 11.5 Å². The van der Waals surface area contributed by atoms with E-state index in [-0.39, 0.29) is 36.0 Å². The first kappa shape index (κ1) is 43.1. The van der Waals surface area contributed by atoms with Gasteiger partial charge >= 0.3 is 0 Å². The summed E-state index contributed by atoms with van der Waals surface area (Å²) < 4.78 is 14.6. The zero-order valence-corrected chi connectivity index (χ0v) is 38.5. The average Bonchev–Trinajstić information content (AvgIpc) is 4.20. The highest BCUT2D eigenvalue weighted by Crippen LogP contribution is 2.55. The Kier molecular flexibility index (Phi) is 10.9. The summed E-state index contributed by atoms with van der Waals surface area (Å²) in [5.41, 5.74) is 32.2. The van der Waals surface area contributed by atoms with E-state index in [1.165, 1.54) is 44.5 Å². The van der Waals surface area contributed by atoms with E-state index in [9.17, 15) is 9.59 Å². The van der Waals surface area contributed by atoms with Gasteiger partial charge in [-0.3, -0.25) is 19.4 Å². The lowest BCUT2D eigenvalue weighted by molar-refractivity contribution is 0.0856. The minimum absolute atomic E-state index is 0.0495. The molecule has 8 heterocycles. The minimum Gasteiger partial charge on any atom is -0.384 e. The van der Waals surface area contributed by atoms with Crippen molar-refractivity contribution in [2.45, 2.75) is 90.8 Å². The van der Waals surface area contributed by atoms with Gasteiger partial charge in [0.15, 0.2) is 11.6 Å². The predicted molar refractivity (Wildman–Crippen MR) is 260 cm³/mol. The second-order valence-corrected chi connectivity index (χ2v) is 18.6. The number of hydrogen-bond acceptors (Lipinski definition) is 10. The quantitative estimate of drug-likeness (QED) is 0.100. The van der Waals surface area contributed by atoms with Crippen molar-refractivity contribution in [1.82, 2.24) is 29.9 Å². The molecule has 12 heteroatoms. The smallest absolute Gasteiger partial charge is 0.163 e. The third-order valence-corrected chi connectivity index (χ3v) is 14.1. The van der Waals surface area contributed by atoms with Gasteiger partial charge in [-0.1, -0.05) is 60.7 Å². The van der Waals surface area contributed by atoms with Crippen LogP contribution in [-0.4, -0.2) is 41.5 Å². The maximum absolute atomic E-state index is 13.1. The molecule has 0 saturated heterocycles. The van der Waals surface area contributed by atoms with Gasteiger partial charge in [-0.15, -0.1) is 0 Å². The highest BCUT2D eigenvalue weighted by Gasteiger charge is 2.44. The van der Waals surface area contributed by atoms with E-state index in [1.54, 1.807) is 12.4 Å². The van der Waals surface area contributed by atoms with E-state index in [1.807, 2.05) is 87.1 Å². The normalized spacial score (nSPS) is 17.6. The molecule has 4 bridgehead atoms. The number of aromatic amines is 1. The van der Waals surface area contributed by atoms with Gasteiger partial charge in [0.1, 0.15) is 36.1 Å². The highest BCUT2D eigenvalue weighted by molar-refractivity contribution is 5.97. The maximum Gasteiger partial charge on any atom is 0.163 e. The van der Waals surface area contributed by atoms with E-state index in [4.69, 9.17) is 20.9 Å². The van der Waals surface area contributed by atoms with Gasteiger partial charge < -0.3 is 20.9 Å². The molecule has 8 aromatic rings. The third-order valence-electron chi connectivity index (χ3n) is 14.1. The second-order valence-electron chi connectivity index (χ2n) is 18.6. The number of carbonyl (C=O) groups is 2. The fourth-order valence-electron chi connectivity index (χ4n) is 10.8. The molecule has 4 atom stereocenters. The second kappa shape index (κ2) is 17.3. The number of H-pyrrole nitrogens is 1. The number of nitrogen functional groups attached to an aromatic ring is 2. The van der Waals surface area contributed by atoms with Gasteiger partial charge in [-0.25, -0.2) is 9.97 Å². The van der Waals surface area contributed by atoms with Crippen LogP contribution >= 0.6 is 0 Å². The standard InChI is InChI=1S/2C28H26N4O2/c1-16-12-26(29)31-17(2)20(16)8-9-25(33)19-5-7-22-24(14-19)28-23-13-18(15-32-11-3-10-30-32)4-6-21(23)27(22)34-28;1-15-11-26(29)31-16(2)20(15)7-8-25(33)18-4-6-22-24(14-18)28-23-13-17(12-19-9-10-30-32-19)3-5-21(23)27(22)34-28/h3-7,10-14,27-28H,8-9,15H2,1-2H3,(H2,29,31);3-6,9-11,13-14,27-28H,7-8,12H2,1-2H3,(H2,29,31)(H,30,32). The van der Waals surface area contributed by atoms with E-state index in [0.29, 0.717) is 37.3 Å². The number of nitrogens with two attached hydrogens (primary N) is 2. The number of anilines is 2. The number of aromatic nitrogens is 6. The van der Waals surface area contributed by atoms with Crippen molar-refractivity contribution in [3.8, 4) is 0 Å². The lowest BCUT2D eigenvalue weighted by Gasteiger charge is -2.18. The van der Waals surface area contributed by atoms with Gasteiger partial charge in [0, 0.05) is 66.1 Å². The summed E-state index contributed by atoms with van der Waals surface area (Å²) in [6, 6.07) is 32.9. The van der Waals surface area contributed by atoms with Crippen LogP contribution in [0.5, 0.6) is 0 Å². The lowest BCUT2D eigenvalue weighted by Crippen LogP contribution is -2.09. The summed E-state index contributed by atoms with van der Waals surface area (Å²) in [5.74, 6) is 1.31. The zero-order valence-electron chi connectivity index (χ0n) is 38.5. The monoisotopic (exact) mass is 900 g/mol. The molecular formula is C56H52N8O4. The van der Waals surface area contributed by atoms with Crippen LogP contribution in [0.4, 0.5) is 11.6 Å². The van der Waals surface area contributed by atoms with Crippen molar-refractivity contribution in [3.63, 3.8) is 0 Å². The van der Waals surface area contributed by atoms with Crippen molar-refractivity contribution in [2.75, 3.05) is 11.5 Å². The van der Waals surface area contributed by atoms with Crippen LogP contribution in [-0.2, 0) is 35.3 Å². The number of fused-ring (bicyclic) bond motifs is 16. The topological polar surface area (TPSA) is 177 Å². The fourth-order valence-corrected chi connectivity index (χ4v) is 10.8. The minimum atomic E-state index is -0.119. The summed E-state index contributed by atoms with van der Waals surface area (Å²) in [5, 5.41) is 11.4. The number of nitrogens with zero attached hydrogens (tertiary/aromatic N) is 5. The SMILES string of the molecule is Cc1cc(N)nc(C)c1CCC(=O)c1ccc2c(c1)C1OC2c2ccc(Cc3ccn[nH]3)cc21.Cc1cc(N)nc(C)c1CCC(=O)c1ccc2c(c1)C1OC2c2ccc(Cn3cccn3)cc21. The maximum atomic E-state index is 13.1. The molecule has 0 radical (unpaired) electrons. The predicted octanol–water partition coefficient (Wildman–Crippen LogP) is 9.80. The number of aryl methyl sites for hydroxylation is 4. The molecule has 4 aliphatic heterocycles. The summed E-state index contributed by atoms with van der Waals surface area (Å²) in [7, 11) is 0. The van der Waals surface area contributed by atoms with E-state index in [0.717, 1.165) is 74.6 Å². The highest BCUT2D eigenvalue weighted by atomic mass is 16.5. The van der Waals surface area contributed by atoms with Crippen molar-refractivity contribution in [3.05, 3.63) is 222 Å². The van der Waals surface area contributed by atoms with Gasteiger partial charge in [-0.05, 0) is 155 Å². The lowest BCUT2D eigenvalue weighted by atomic mass is 9.83. The molecule has 0 saturated carbocycles. The number of pyridine rings is 2. The average molecular weight is 901 g/mol. The Morgan fingerprint density at radius 1 is 0.588 bits per heavy atom. The largest absolute Gasteiger partial charge is 0.384 e. The molecule has 68 heavy (non-hydrogen) atoms. The van der Waals surface area contributed by atoms with Gasteiger partial charge in [0.25, 0.3) is 0 Å². The molecule has 4 aromatic carbocycles. The molecule has 0 amide bonds. The Hall–Kier alpha value is -7.54. The number of ketones is 2. The van der Waals surface area contributed by atoms with Crippen LogP contribution in [0.1, 0.15) is 153 Å². The van der Waals surface area contributed by atoms with Gasteiger partial charge in [-0.2, -0.15) is 10.2 Å². The first-order valence-corrected chi connectivity index (χ1v) is 23.3. The number of nitrogens with one attached hydrogen (secondary N) is 1. The Labute approximate surface area is 394 Å². The molecule has 0 fully saturated rings. The molecular weight excluding hydrogens is 849 g/mol. The Balaban J connectivity index is 0.000000149. The van der Waals surface area contributed by atoms with E-state index >= 15 is 0 Å². The van der Waals surface area contributed by atoms with Crippen molar-refractivity contribution in [2.24, 2.45) is 0 Å². The van der Waals surface area contributed by atoms with Crippen molar-refractivity contribution < 1.29 is 19.1 Å². The first-order chi connectivity index (χ1) is 32.9. The first-order valence-electron chi connectivity index (χ1n) is 23.3. The molecule has 12 nitrogen and oxygen atoms in total. The third kappa shape index (κ3) is 7.88. The molecule has 4 aliphatic rings. The molecule has 4 aromatic heterocycles. The van der Waals surface area contributed by atoms with Crippen LogP contribution in [0.15, 0.2) is 116 Å².